The number of para-hydroxylation sites is 1. The molecule has 2 aromatic rings. The highest BCUT2D eigenvalue weighted by atomic mass is 16.4. The molecule has 120 valence electrons. The fraction of sp³-hybridized carbons (Fsp3) is 0.312. The van der Waals surface area contributed by atoms with Crippen molar-refractivity contribution in [2.75, 3.05) is 6.54 Å². The van der Waals surface area contributed by atoms with Crippen molar-refractivity contribution in [3.63, 3.8) is 0 Å². The lowest BCUT2D eigenvalue weighted by Gasteiger charge is -2.28. The number of phenolic OH excluding ortho intramolecular Hbond substituents is 1. The molecule has 0 spiro atoms. The van der Waals surface area contributed by atoms with E-state index in [9.17, 15) is 19.8 Å². The molecule has 0 saturated carbocycles. The van der Waals surface area contributed by atoms with Crippen LogP contribution >= 0.6 is 0 Å². The van der Waals surface area contributed by atoms with E-state index < -0.39 is 5.97 Å². The molecule has 1 aromatic carbocycles. The van der Waals surface area contributed by atoms with Crippen LogP contribution in [0, 0.1) is 0 Å². The predicted octanol–water partition coefficient (Wildman–Crippen LogP) is 1.51. The van der Waals surface area contributed by atoms with Crippen LogP contribution < -0.4 is 0 Å². The molecule has 1 amide bonds. The number of fused-ring (bicyclic) bond motifs is 1. The Morgan fingerprint density at radius 2 is 2.04 bits per heavy atom. The third-order valence-corrected chi connectivity index (χ3v) is 4.03. The molecule has 0 saturated heterocycles. The maximum Gasteiger partial charge on any atom is 0.356 e. The molecule has 1 aromatic heterocycles. The van der Waals surface area contributed by atoms with Gasteiger partial charge in [0.05, 0.1) is 6.54 Å². The smallest absolute Gasteiger partial charge is 0.356 e. The normalized spacial score (nSPS) is 14.0. The second-order valence-corrected chi connectivity index (χ2v) is 5.41. The number of aromatic hydroxyl groups is 1. The maximum atomic E-state index is 12.7. The minimum absolute atomic E-state index is 0.0553. The minimum atomic E-state index is -1.12. The Hall–Kier alpha value is -2.83. The number of carboxylic acid groups (broad SMARTS) is 1. The van der Waals surface area contributed by atoms with Gasteiger partial charge in [0.2, 0.25) is 0 Å². The third-order valence-electron chi connectivity index (χ3n) is 4.03. The van der Waals surface area contributed by atoms with Gasteiger partial charge in [0.15, 0.2) is 5.69 Å². The Balaban J connectivity index is 1.94. The number of aromatic nitrogens is 2. The van der Waals surface area contributed by atoms with E-state index in [-0.39, 0.29) is 23.9 Å². The Morgan fingerprint density at radius 3 is 2.70 bits per heavy atom. The summed E-state index contributed by atoms with van der Waals surface area (Å²) < 4.78 is 1.48. The fourth-order valence-electron chi connectivity index (χ4n) is 2.87. The van der Waals surface area contributed by atoms with Crippen molar-refractivity contribution < 1.29 is 19.8 Å². The van der Waals surface area contributed by atoms with Gasteiger partial charge in [0, 0.05) is 24.2 Å². The number of hydrogen-bond donors (Lipinski definition) is 2. The van der Waals surface area contributed by atoms with Crippen LogP contribution in [-0.4, -0.2) is 43.3 Å². The third kappa shape index (κ3) is 2.54. The summed E-state index contributed by atoms with van der Waals surface area (Å²) >= 11 is 0. The van der Waals surface area contributed by atoms with Crippen LogP contribution in [0.15, 0.2) is 24.3 Å². The molecule has 2 N–H and O–H groups in total. The first-order valence-electron chi connectivity index (χ1n) is 7.42. The number of hydrogen-bond acceptors (Lipinski definition) is 4. The van der Waals surface area contributed by atoms with Gasteiger partial charge in [0.1, 0.15) is 11.4 Å². The molecule has 0 bridgehead atoms. The first-order chi connectivity index (χ1) is 11.0. The number of benzene rings is 1. The van der Waals surface area contributed by atoms with Gasteiger partial charge in [-0.3, -0.25) is 9.48 Å². The van der Waals surface area contributed by atoms with E-state index in [4.69, 9.17) is 0 Å². The summed E-state index contributed by atoms with van der Waals surface area (Å²) in [6, 6.07) is 6.86. The Kier molecular flexibility index (Phi) is 3.77. The Labute approximate surface area is 132 Å². The molecule has 0 atom stereocenters. The molecule has 0 fully saturated rings. The predicted molar refractivity (Wildman–Crippen MR) is 81.4 cm³/mol. The zero-order valence-electron chi connectivity index (χ0n) is 12.7. The highest BCUT2D eigenvalue weighted by Gasteiger charge is 2.32. The molecule has 0 radical (unpaired) electrons. The Bertz CT molecular complexity index is 782. The summed E-state index contributed by atoms with van der Waals surface area (Å²) in [5.74, 6) is -1.23. The van der Waals surface area contributed by atoms with Crippen molar-refractivity contribution in [3.8, 4) is 5.75 Å². The van der Waals surface area contributed by atoms with E-state index in [2.05, 4.69) is 5.10 Å². The SMILES string of the molecule is CCc1c(C(=O)O)nn2c1C(=O)N(Cc1ccccc1O)CC2. The average molecular weight is 315 g/mol. The van der Waals surface area contributed by atoms with Gasteiger partial charge >= 0.3 is 5.97 Å². The van der Waals surface area contributed by atoms with Gasteiger partial charge in [-0.25, -0.2) is 4.79 Å². The number of carbonyl (C=O) groups excluding carboxylic acids is 1. The number of amides is 1. The molecule has 0 aliphatic carbocycles. The van der Waals surface area contributed by atoms with E-state index in [1.165, 1.54) is 4.68 Å². The first-order valence-corrected chi connectivity index (χ1v) is 7.42. The quantitative estimate of drug-likeness (QED) is 0.891. The second kappa shape index (κ2) is 5.75. The van der Waals surface area contributed by atoms with E-state index >= 15 is 0 Å². The zero-order chi connectivity index (χ0) is 16.6. The molecule has 3 rings (SSSR count). The van der Waals surface area contributed by atoms with Gasteiger partial charge in [-0.05, 0) is 12.5 Å². The number of nitrogens with zero attached hydrogens (tertiary/aromatic N) is 3. The van der Waals surface area contributed by atoms with Gasteiger partial charge in [0.25, 0.3) is 5.91 Å². The molecule has 2 heterocycles. The number of phenols is 1. The highest BCUT2D eigenvalue weighted by Crippen LogP contribution is 2.24. The van der Waals surface area contributed by atoms with Crippen molar-refractivity contribution >= 4 is 11.9 Å². The molecule has 1 aliphatic rings. The summed E-state index contributed by atoms with van der Waals surface area (Å²) in [7, 11) is 0. The molecule has 23 heavy (non-hydrogen) atoms. The van der Waals surface area contributed by atoms with E-state index in [1.54, 1.807) is 36.1 Å². The molecule has 7 heteroatoms. The molecular weight excluding hydrogens is 298 g/mol. The van der Waals surface area contributed by atoms with Crippen LogP contribution in [0.5, 0.6) is 5.75 Å². The van der Waals surface area contributed by atoms with Gasteiger partial charge in [-0.2, -0.15) is 5.10 Å². The van der Waals surface area contributed by atoms with Gasteiger partial charge < -0.3 is 15.1 Å². The summed E-state index contributed by atoms with van der Waals surface area (Å²) in [5, 5.41) is 23.2. The molecule has 1 aliphatic heterocycles. The van der Waals surface area contributed by atoms with Crippen LogP contribution in [-0.2, 0) is 19.5 Å². The zero-order valence-corrected chi connectivity index (χ0v) is 12.7. The van der Waals surface area contributed by atoms with Crippen molar-refractivity contribution in [2.24, 2.45) is 0 Å². The van der Waals surface area contributed by atoms with E-state index in [0.29, 0.717) is 36.3 Å². The van der Waals surface area contributed by atoms with Gasteiger partial charge in [-0.15, -0.1) is 0 Å². The monoisotopic (exact) mass is 315 g/mol. The van der Waals surface area contributed by atoms with Crippen LogP contribution in [0.1, 0.15) is 39.0 Å². The number of carbonyl (C=O) groups is 2. The molecular formula is C16H17N3O4. The Morgan fingerprint density at radius 1 is 1.30 bits per heavy atom. The van der Waals surface area contributed by atoms with E-state index in [1.807, 2.05) is 0 Å². The maximum absolute atomic E-state index is 12.7. The van der Waals surface area contributed by atoms with Crippen LogP contribution in [0.3, 0.4) is 0 Å². The standard InChI is InChI=1S/C16H17N3O4/c1-2-11-13(16(22)23)17-19-8-7-18(15(21)14(11)19)9-10-5-3-4-6-12(10)20/h3-6,20H,2,7-9H2,1H3,(H,22,23). The lowest BCUT2D eigenvalue weighted by molar-refractivity contribution is 0.0670. The van der Waals surface area contributed by atoms with Crippen molar-refractivity contribution in [1.29, 1.82) is 0 Å². The highest BCUT2D eigenvalue weighted by molar-refractivity contribution is 5.98. The van der Waals surface area contributed by atoms with Crippen molar-refractivity contribution in [2.45, 2.75) is 26.4 Å². The lowest BCUT2D eigenvalue weighted by Crippen LogP contribution is -2.40. The summed E-state index contributed by atoms with van der Waals surface area (Å²) in [6.45, 7) is 2.95. The van der Waals surface area contributed by atoms with Crippen LogP contribution in [0.25, 0.3) is 0 Å². The van der Waals surface area contributed by atoms with Gasteiger partial charge in [-0.1, -0.05) is 25.1 Å². The average Bonchev–Trinajstić information content (AvgIpc) is 2.91. The van der Waals surface area contributed by atoms with Crippen LogP contribution in [0.2, 0.25) is 0 Å². The number of carboxylic acids is 1. The number of rotatable bonds is 4. The summed E-state index contributed by atoms with van der Waals surface area (Å²) in [5.41, 5.74) is 1.40. The van der Waals surface area contributed by atoms with Crippen LogP contribution in [0.4, 0.5) is 0 Å². The largest absolute Gasteiger partial charge is 0.508 e. The molecule has 7 nitrogen and oxygen atoms in total. The lowest BCUT2D eigenvalue weighted by atomic mass is 10.1. The molecule has 0 unspecified atom stereocenters. The fourth-order valence-corrected chi connectivity index (χ4v) is 2.87. The minimum Gasteiger partial charge on any atom is -0.508 e. The second-order valence-electron chi connectivity index (χ2n) is 5.41. The topological polar surface area (TPSA) is 95.7 Å². The summed E-state index contributed by atoms with van der Waals surface area (Å²) in [4.78, 5) is 25.6. The first kappa shape index (κ1) is 15.1. The van der Waals surface area contributed by atoms with Crippen molar-refractivity contribution in [3.05, 3.63) is 46.8 Å². The van der Waals surface area contributed by atoms with E-state index in [0.717, 1.165) is 0 Å². The number of aromatic carboxylic acids is 1. The van der Waals surface area contributed by atoms with Crippen molar-refractivity contribution in [1.82, 2.24) is 14.7 Å². The summed E-state index contributed by atoms with van der Waals surface area (Å²) in [6.07, 6.45) is 0.424.